The van der Waals surface area contributed by atoms with Crippen molar-refractivity contribution in [1.29, 1.82) is 0 Å². The molecule has 1 aromatic rings. The summed E-state index contributed by atoms with van der Waals surface area (Å²) < 4.78 is 0. The summed E-state index contributed by atoms with van der Waals surface area (Å²) in [5.41, 5.74) is 3.17. The van der Waals surface area contributed by atoms with Gasteiger partial charge in [0.1, 0.15) is 0 Å². The number of nitrogens with one attached hydrogen (secondary N) is 1. The van der Waals surface area contributed by atoms with Crippen LogP contribution in [0.5, 0.6) is 0 Å². The second-order valence-corrected chi connectivity index (χ2v) is 7.08. The van der Waals surface area contributed by atoms with Gasteiger partial charge in [-0.3, -0.25) is 9.59 Å². The van der Waals surface area contributed by atoms with Crippen molar-refractivity contribution in [3.8, 4) is 0 Å². The molecule has 0 aromatic heterocycles. The minimum absolute atomic E-state index is 0.130. The second kappa shape index (κ2) is 4.83. The molecule has 3 nitrogen and oxygen atoms in total. The molecule has 1 aliphatic heterocycles. The first-order valence-corrected chi connectivity index (χ1v) is 7.55. The van der Waals surface area contributed by atoms with Gasteiger partial charge >= 0.3 is 0 Å². The zero-order chi connectivity index (χ0) is 15.2. The lowest BCUT2D eigenvalue weighted by Crippen LogP contribution is -2.28. The number of carbonyl (C=O) groups is 2. The average molecular weight is 283 g/mol. The van der Waals surface area contributed by atoms with Gasteiger partial charge in [-0.25, -0.2) is 0 Å². The number of hydrogen-bond donors (Lipinski definition) is 1. The Morgan fingerprint density at radius 3 is 2.57 bits per heavy atom. The number of ketones is 1. The van der Waals surface area contributed by atoms with Crippen LogP contribution in [0, 0.1) is 11.3 Å². The number of carbonyl (C=O) groups excluding carboxylic acids is 2. The van der Waals surface area contributed by atoms with Crippen molar-refractivity contribution in [1.82, 2.24) is 0 Å². The van der Waals surface area contributed by atoms with Crippen LogP contribution in [0.1, 0.15) is 45.6 Å². The van der Waals surface area contributed by atoms with Crippen LogP contribution in [0.4, 0.5) is 5.69 Å². The van der Waals surface area contributed by atoms with Crippen LogP contribution in [-0.2, 0) is 9.59 Å². The van der Waals surface area contributed by atoms with Gasteiger partial charge in [0.05, 0.1) is 5.57 Å². The summed E-state index contributed by atoms with van der Waals surface area (Å²) in [6, 6.07) is 7.61. The average Bonchev–Trinajstić information content (AvgIpc) is 2.74. The van der Waals surface area contributed by atoms with Crippen molar-refractivity contribution in [2.24, 2.45) is 11.3 Å². The second-order valence-electron chi connectivity index (χ2n) is 7.08. The lowest BCUT2D eigenvalue weighted by atomic mass is 9.69. The fourth-order valence-corrected chi connectivity index (χ4v) is 3.32. The van der Waals surface area contributed by atoms with Gasteiger partial charge in [-0.2, -0.15) is 0 Å². The number of para-hydroxylation sites is 1. The maximum absolute atomic E-state index is 12.4. The van der Waals surface area contributed by atoms with Crippen molar-refractivity contribution in [3.63, 3.8) is 0 Å². The maximum Gasteiger partial charge on any atom is 0.256 e. The molecule has 1 aromatic carbocycles. The quantitative estimate of drug-likeness (QED) is 0.736. The molecule has 0 saturated heterocycles. The first kappa shape index (κ1) is 14.1. The highest BCUT2D eigenvalue weighted by Gasteiger charge is 2.36. The first-order chi connectivity index (χ1) is 9.88. The van der Waals surface area contributed by atoms with Crippen LogP contribution in [-0.4, -0.2) is 11.7 Å². The molecule has 0 spiro atoms. The van der Waals surface area contributed by atoms with E-state index in [0.717, 1.165) is 23.2 Å². The number of benzene rings is 1. The molecule has 1 N–H and O–H groups in total. The van der Waals surface area contributed by atoms with E-state index in [4.69, 9.17) is 0 Å². The zero-order valence-corrected chi connectivity index (χ0v) is 12.8. The Hall–Kier alpha value is -1.90. The van der Waals surface area contributed by atoms with E-state index >= 15 is 0 Å². The highest BCUT2D eigenvalue weighted by atomic mass is 16.2. The van der Waals surface area contributed by atoms with Crippen molar-refractivity contribution >= 4 is 23.0 Å². The van der Waals surface area contributed by atoms with Crippen LogP contribution < -0.4 is 5.32 Å². The predicted molar refractivity (Wildman–Crippen MR) is 83.8 cm³/mol. The summed E-state index contributed by atoms with van der Waals surface area (Å²) in [5, 5.41) is 2.87. The van der Waals surface area contributed by atoms with Crippen LogP contribution in [0.3, 0.4) is 0 Å². The van der Waals surface area contributed by atoms with Gasteiger partial charge in [0.15, 0.2) is 5.78 Å². The molecule has 1 heterocycles. The minimum atomic E-state index is -0.130. The fraction of sp³-hybridized carbons (Fsp3) is 0.444. The molecule has 1 fully saturated rings. The summed E-state index contributed by atoms with van der Waals surface area (Å²) in [5.74, 6) is 0.449. The third kappa shape index (κ3) is 2.41. The van der Waals surface area contributed by atoms with E-state index in [1.807, 2.05) is 24.3 Å². The monoisotopic (exact) mass is 283 g/mol. The van der Waals surface area contributed by atoms with E-state index in [1.54, 1.807) is 0 Å². The summed E-state index contributed by atoms with van der Waals surface area (Å²) in [6.07, 6.45) is 2.18. The third-order valence-corrected chi connectivity index (χ3v) is 4.71. The number of Topliss-reactive ketones (excluding diaryl/α,β-unsaturated/α-hetero) is 1. The molecule has 1 saturated carbocycles. The Labute approximate surface area is 125 Å². The SMILES string of the molecule is CC(C)(C)C1CCC(=O)/C(=C2\C(=O)Nc3ccccc32)C1. The minimum Gasteiger partial charge on any atom is -0.321 e. The van der Waals surface area contributed by atoms with Gasteiger partial charge in [-0.15, -0.1) is 0 Å². The van der Waals surface area contributed by atoms with Crippen molar-refractivity contribution in [2.45, 2.75) is 40.0 Å². The van der Waals surface area contributed by atoms with Gasteiger partial charge in [0.25, 0.3) is 5.91 Å². The number of allylic oxidation sites excluding steroid dienone is 1. The van der Waals surface area contributed by atoms with E-state index in [2.05, 4.69) is 26.1 Å². The molecule has 2 aliphatic rings. The van der Waals surface area contributed by atoms with Crippen LogP contribution in [0.15, 0.2) is 29.8 Å². The van der Waals surface area contributed by atoms with E-state index in [-0.39, 0.29) is 17.1 Å². The Bertz CT molecular complexity index is 649. The largest absolute Gasteiger partial charge is 0.321 e. The fourth-order valence-electron chi connectivity index (χ4n) is 3.32. The first-order valence-electron chi connectivity index (χ1n) is 7.55. The summed E-state index contributed by atoms with van der Waals surface area (Å²) in [6.45, 7) is 6.62. The van der Waals surface area contributed by atoms with Crippen LogP contribution in [0.25, 0.3) is 5.57 Å². The highest BCUT2D eigenvalue weighted by molar-refractivity contribution is 6.35. The van der Waals surface area contributed by atoms with Gasteiger partial charge in [0.2, 0.25) is 0 Å². The summed E-state index contributed by atoms with van der Waals surface area (Å²) in [7, 11) is 0. The summed E-state index contributed by atoms with van der Waals surface area (Å²) in [4.78, 5) is 24.7. The molecular weight excluding hydrogens is 262 g/mol. The van der Waals surface area contributed by atoms with Crippen LogP contribution in [0.2, 0.25) is 0 Å². The third-order valence-electron chi connectivity index (χ3n) is 4.71. The molecule has 3 heteroatoms. The van der Waals surface area contributed by atoms with E-state index in [0.29, 0.717) is 24.3 Å². The molecule has 21 heavy (non-hydrogen) atoms. The van der Waals surface area contributed by atoms with E-state index in [1.165, 1.54) is 0 Å². The van der Waals surface area contributed by atoms with Crippen molar-refractivity contribution in [2.75, 3.05) is 5.32 Å². The van der Waals surface area contributed by atoms with Gasteiger partial charge in [-0.1, -0.05) is 39.0 Å². The topological polar surface area (TPSA) is 46.2 Å². The van der Waals surface area contributed by atoms with Gasteiger partial charge in [0, 0.05) is 23.2 Å². The number of fused-ring (bicyclic) bond motifs is 1. The molecule has 0 radical (unpaired) electrons. The smallest absolute Gasteiger partial charge is 0.256 e. The number of hydrogen-bond acceptors (Lipinski definition) is 2. The van der Waals surface area contributed by atoms with Gasteiger partial charge < -0.3 is 5.32 Å². The van der Waals surface area contributed by atoms with Crippen LogP contribution >= 0.6 is 0 Å². The van der Waals surface area contributed by atoms with Crippen molar-refractivity contribution in [3.05, 3.63) is 35.4 Å². The molecule has 110 valence electrons. The zero-order valence-electron chi connectivity index (χ0n) is 12.8. The standard InChI is InChI=1S/C18H21NO2/c1-18(2,3)11-8-9-15(20)13(10-11)16-12-6-4-5-7-14(12)19-17(16)21/h4-7,11H,8-10H2,1-3H3,(H,19,21)/b16-13-. The normalized spacial score (nSPS) is 25.8. The Morgan fingerprint density at radius 2 is 1.86 bits per heavy atom. The Balaban J connectivity index is 2.08. The number of rotatable bonds is 0. The molecule has 1 atom stereocenters. The lowest BCUT2D eigenvalue weighted by Gasteiger charge is -2.34. The van der Waals surface area contributed by atoms with E-state index < -0.39 is 0 Å². The molecular formula is C18H21NO2. The summed E-state index contributed by atoms with van der Waals surface area (Å²) >= 11 is 0. The molecule has 0 bridgehead atoms. The van der Waals surface area contributed by atoms with Crippen molar-refractivity contribution < 1.29 is 9.59 Å². The van der Waals surface area contributed by atoms with E-state index in [9.17, 15) is 9.59 Å². The molecule has 1 aliphatic carbocycles. The van der Waals surface area contributed by atoms with Gasteiger partial charge in [-0.05, 0) is 30.2 Å². The Morgan fingerprint density at radius 1 is 1.14 bits per heavy atom. The Kier molecular flexibility index (Phi) is 3.23. The lowest BCUT2D eigenvalue weighted by molar-refractivity contribution is -0.118. The maximum atomic E-state index is 12.4. The molecule has 1 amide bonds. The number of amides is 1. The number of anilines is 1. The highest BCUT2D eigenvalue weighted by Crippen LogP contribution is 2.43. The predicted octanol–water partition coefficient (Wildman–Crippen LogP) is 3.81. The molecule has 1 unspecified atom stereocenters. The molecule has 3 rings (SSSR count).